The average Bonchev–Trinajstić information content (AvgIpc) is 3.30. The lowest BCUT2D eigenvalue weighted by molar-refractivity contribution is 0.190. The van der Waals surface area contributed by atoms with Crippen molar-refractivity contribution in [1.82, 2.24) is 15.0 Å². The zero-order valence-electron chi connectivity index (χ0n) is 19.4. The summed E-state index contributed by atoms with van der Waals surface area (Å²) in [7, 11) is 4.24. The number of halogens is 1. The van der Waals surface area contributed by atoms with E-state index in [0.717, 1.165) is 42.8 Å². The van der Waals surface area contributed by atoms with Crippen molar-refractivity contribution >= 4 is 5.96 Å². The molecule has 0 atom stereocenters. The van der Waals surface area contributed by atoms with Gasteiger partial charge < -0.3 is 20.1 Å². The number of benzene rings is 2. The number of nitrogens with two attached hydrogens (primary N) is 1. The van der Waals surface area contributed by atoms with Gasteiger partial charge in [0, 0.05) is 30.8 Å². The maximum absolute atomic E-state index is 14.6. The van der Waals surface area contributed by atoms with Crippen molar-refractivity contribution in [3.05, 3.63) is 77.4 Å². The molecular formula is C26H32FN5O. The second-order valence-corrected chi connectivity index (χ2v) is 8.82. The molecule has 0 unspecified atom stereocenters. The summed E-state index contributed by atoms with van der Waals surface area (Å²) in [5, 5.41) is 4.14. The highest BCUT2D eigenvalue weighted by Crippen LogP contribution is 2.24. The fourth-order valence-corrected chi connectivity index (χ4v) is 4.26. The fourth-order valence-electron chi connectivity index (χ4n) is 4.26. The fraction of sp³-hybridized carbons (Fsp3) is 0.385. The van der Waals surface area contributed by atoms with E-state index >= 15 is 0 Å². The van der Waals surface area contributed by atoms with E-state index < -0.39 is 0 Å². The lowest BCUT2D eigenvalue weighted by Crippen LogP contribution is -2.47. The quantitative estimate of drug-likeness (QED) is 0.434. The van der Waals surface area contributed by atoms with E-state index in [1.165, 1.54) is 0 Å². The molecule has 0 radical (unpaired) electrons. The number of hydrogen-bond donors (Lipinski definition) is 1. The molecule has 2 heterocycles. The SMILES string of the molecule is CN(C)C1CCN(C(N)=NCc2cc(CCc3ccc(-c4ccccc4)c(F)c3)no2)CC1. The third-order valence-corrected chi connectivity index (χ3v) is 6.31. The Kier molecular flexibility index (Phi) is 7.40. The first-order valence-electron chi connectivity index (χ1n) is 11.5. The van der Waals surface area contributed by atoms with E-state index in [-0.39, 0.29) is 5.82 Å². The van der Waals surface area contributed by atoms with Crippen LogP contribution in [-0.2, 0) is 19.4 Å². The molecule has 1 fully saturated rings. The molecule has 4 rings (SSSR count). The molecule has 0 bridgehead atoms. The summed E-state index contributed by atoms with van der Waals surface area (Å²) in [4.78, 5) is 8.89. The zero-order chi connectivity index (χ0) is 23.2. The third-order valence-electron chi connectivity index (χ3n) is 6.31. The van der Waals surface area contributed by atoms with Crippen LogP contribution in [0.3, 0.4) is 0 Å². The first-order chi connectivity index (χ1) is 16.0. The van der Waals surface area contributed by atoms with Gasteiger partial charge in [0.05, 0.1) is 5.69 Å². The minimum atomic E-state index is -0.209. The van der Waals surface area contributed by atoms with Crippen molar-refractivity contribution < 1.29 is 8.91 Å². The third kappa shape index (κ3) is 5.99. The van der Waals surface area contributed by atoms with Crippen molar-refractivity contribution in [2.24, 2.45) is 10.7 Å². The van der Waals surface area contributed by atoms with Crippen LogP contribution in [-0.4, -0.2) is 54.1 Å². The van der Waals surface area contributed by atoms with Crippen molar-refractivity contribution in [2.75, 3.05) is 27.2 Å². The maximum Gasteiger partial charge on any atom is 0.191 e. The van der Waals surface area contributed by atoms with Gasteiger partial charge in [-0.2, -0.15) is 0 Å². The van der Waals surface area contributed by atoms with Gasteiger partial charge in [0.2, 0.25) is 0 Å². The summed E-state index contributed by atoms with van der Waals surface area (Å²) in [6, 6.07) is 17.5. The minimum Gasteiger partial charge on any atom is -0.370 e. The molecule has 6 nitrogen and oxygen atoms in total. The Hall–Kier alpha value is -3.19. The molecule has 2 aromatic carbocycles. The monoisotopic (exact) mass is 449 g/mol. The molecule has 2 N–H and O–H groups in total. The van der Waals surface area contributed by atoms with Crippen LogP contribution in [0.1, 0.15) is 29.9 Å². The van der Waals surface area contributed by atoms with Crippen LogP contribution in [0.5, 0.6) is 0 Å². The molecule has 1 aliphatic heterocycles. The Morgan fingerprint density at radius 2 is 1.88 bits per heavy atom. The van der Waals surface area contributed by atoms with E-state index in [2.05, 4.69) is 34.0 Å². The van der Waals surface area contributed by atoms with Crippen molar-refractivity contribution in [3.8, 4) is 11.1 Å². The molecular weight excluding hydrogens is 417 g/mol. The van der Waals surface area contributed by atoms with Gasteiger partial charge in [-0.05, 0) is 57.0 Å². The number of rotatable bonds is 7. The van der Waals surface area contributed by atoms with Gasteiger partial charge in [-0.15, -0.1) is 0 Å². The number of aryl methyl sites for hydroxylation is 2. The predicted molar refractivity (Wildman–Crippen MR) is 129 cm³/mol. The Bertz CT molecular complexity index is 1070. The van der Waals surface area contributed by atoms with E-state index in [0.29, 0.717) is 42.7 Å². The standard InChI is InChI=1S/C26H32FN5O/c1-31(2)22-12-14-32(15-13-22)26(28)29-18-23-17-21(30-33-23)10-8-19-9-11-24(25(27)16-19)20-6-4-3-5-7-20/h3-7,9,11,16-17,22H,8,10,12-15,18H2,1-2H3,(H2,28,29). The van der Waals surface area contributed by atoms with Gasteiger partial charge in [-0.25, -0.2) is 9.38 Å². The highest BCUT2D eigenvalue weighted by molar-refractivity contribution is 5.78. The molecule has 0 aliphatic carbocycles. The number of hydrogen-bond acceptors (Lipinski definition) is 4. The van der Waals surface area contributed by atoms with Gasteiger partial charge in [0.15, 0.2) is 11.7 Å². The minimum absolute atomic E-state index is 0.209. The molecule has 3 aromatic rings. The molecule has 1 aromatic heterocycles. The highest BCUT2D eigenvalue weighted by Gasteiger charge is 2.21. The normalized spacial score (nSPS) is 15.4. The van der Waals surface area contributed by atoms with Crippen molar-refractivity contribution in [3.63, 3.8) is 0 Å². The molecule has 0 saturated carbocycles. The van der Waals surface area contributed by atoms with E-state index in [4.69, 9.17) is 10.3 Å². The van der Waals surface area contributed by atoms with Gasteiger partial charge >= 0.3 is 0 Å². The summed E-state index contributed by atoms with van der Waals surface area (Å²) < 4.78 is 20.0. The zero-order valence-corrected chi connectivity index (χ0v) is 19.4. The number of nitrogens with zero attached hydrogens (tertiary/aromatic N) is 4. The smallest absolute Gasteiger partial charge is 0.191 e. The van der Waals surface area contributed by atoms with Gasteiger partial charge in [0.1, 0.15) is 12.4 Å². The molecule has 7 heteroatoms. The lowest BCUT2D eigenvalue weighted by atomic mass is 10.0. The van der Waals surface area contributed by atoms with Crippen LogP contribution in [0, 0.1) is 5.82 Å². The number of aromatic nitrogens is 1. The summed E-state index contributed by atoms with van der Waals surface area (Å²) in [6.07, 6.45) is 3.53. The van der Waals surface area contributed by atoms with Crippen molar-refractivity contribution in [1.29, 1.82) is 0 Å². The Labute approximate surface area is 194 Å². The number of guanidine groups is 1. The first-order valence-corrected chi connectivity index (χ1v) is 11.5. The number of likely N-dealkylation sites (tertiary alicyclic amines) is 1. The Morgan fingerprint density at radius 3 is 2.58 bits per heavy atom. The number of aliphatic imine (C=N–C) groups is 1. The van der Waals surface area contributed by atoms with Crippen LogP contribution in [0.2, 0.25) is 0 Å². The van der Waals surface area contributed by atoms with Crippen LogP contribution in [0.25, 0.3) is 11.1 Å². The lowest BCUT2D eigenvalue weighted by Gasteiger charge is -2.35. The van der Waals surface area contributed by atoms with Crippen LogP contribution >= 0.6 is 0 Å². The second kappa shape index (κ2) is 10.6. The van der Waals surface area contributed by atoms with Crippen molar-refractivity contribution in [2.45, 2.75) is 38.3 Å². The maximum atomic E-state index is 14.6. The molecule has 1 aliphatic rings. The van der Waals surface area contributed by atoms with Crippen LogP contribution in [0.4, 0.5) is 4.39 Å². The molecule has 33 heavy (non-hydrogen) atoms. The summed E-state index contributed by atoms with van der Waals surface area (Å²) in [6.45, 7) is 2.20. The van der Waals surface area contributed by atoms with Crippen LogP contribution < -0.4 is 5.73 Å². The summed E-state index contributed by atoms with van der Waals surface area (Å²) in [5.74, 6) is 1.03. The average molecular weight is 450 g/mol. The highest BCUT2D eigenvalue weighted by atomic mass is 19.1. The van der Waals surface area contributed by atoms with E-state index in [1.54, 1.807) is 6.07 Å². The van der Waals surface area contributed by atoms with E-state index in [1.807, 2.05) is 48.5 Å². The van der Waals surface area contributed by atoms with Crippen LogP contribution in [0.15, 0.2) is 64.1 Å². The largest absolute Gasteiger partial charge is 0.370 e. The predicted octanol–water partition coefficient (Wildman–Crippen LogP) is 4.11. The topological polar surface area (TPSA) is 70.9 Å². The number of piperidine rings is 1. The first kappa shape index (κ1) is 23.0. The van der Waals surface area contributed by atoms with Gasteiger partial charge in [-0.1, -0.05) is 47.6 Å². The summed E-state index contributed by atoms with van der Waals surface area (Å²) >= 11 is 0. The molecule has 174 valence electrons. The second-order valence-electron chi connectivity index (χ2n) is 8.82. The Balaban J connectivity index is 1.29. The molecule has 1 saturated heterocycles. The van der Waals surface area contributed by atoms with Gasteiger partial charge in [0.25, 0.3) is 0 Å². The Morgan fingerprint density at radius 1 is 1.12 bits per heavy atom. The van der Waals surface area contributed by atoms with Gasteiger partial charge in [-0.3, -0.25) is 0 Å². The molecule has 0 amide bonds. The summed E-state index contributed by atoms with van der Waals surface area (Å²) in [5.41, 5.74) is 9.45. The van der Waals surface area contributed by atoms with E-state index in [9.17, 15) is 4.39 Å². The molecule has 0 spiro atoms.